The molecule has 0 amide bonds. The topological polar surface area (TPSA) is 84.7 Å². The number of imidazole rings is 1. The lowest BCUT2D eigenvalue weighted by Gasteiger charge is -1.97. The molecule has 0 bridgehead atoms. The van der Waals surface area contributed by atoms with Gasteiger partial charge in [0.25, 0.3) is 5.69 Å². The Morgan fingerprint density at radius 2 is 2.10 bits per heavy atom. The maximum atomic E-state index is 10.5. The highest BCUT2D eigenvalue weighted by Gasteiger charge is 2.07. The maximum absolute atomic E-state index is 10.5. The fourth-order valence-electron chi connectivity index (χ4n) is 1.78. The van der Waals surface area contributed by atoms with Gasteiger partial charge in [0.15, 0.2) is 0 Å². The number of aromatic nitrogens is 3. The summed E-state index contributed by atoms with van der Waals surface area (Å²) in [5, 5.41) is 11.3. The van der Waals surface area contributed by atoms with Crippen LogP contribution < -0.4 is 0 Å². The predicted octanol–water partition coefficient (Wildman–Crippen LogP) is 3.16. The molecule has 0 unspecified atom stereocenters. The minimum atomic E-state index is -0.458. The molecule has 3 aromatic rings. The second-order valence-corrected chi connectivity index (χ2v) is 5.10. The molecular formula is C13H10N4O2S. The molecule has 2 heterocycles. The highest BCUT2D eigenvalue weighted by atomic mass is 32.2. The third kappa shape index (κ3) is 2.62. The zero-order valence-electron chi connectivity index (χ0n) is 10.3. The predicted molar refractivity (Wildman–Crippen MR) is 76.5 cm³/mol. The molecule has 6 nitrogen and oxygen atoms in total. The zero-order valence-corrected chi connectivity index (χ0v) is 11.1. The number of hydrogen-bond acceptors (Lipinski definition) is 5. The van der Waals surface area contributed by atoms with E-state index in [0.29, 0.717) is 5.75 Å². The highest BCUT2D eigenvalue weighted by Crippen LogP contribution is 2.22. The molecule has 0 fully saturated rings. The number of benzene rings is 1. The van der Waals surface area contributed by atoms with Crippen molar-refractivity contribution in [1.82, 2.24) is 15.0 Å². The number of pyridine rings is 1. The molecule has 0 atom stereocenters. The number of thioether (sulfide) groups is 1. The van der Waals surface area contributed by atoms with Crippen LogP contribution in [-0.4, -0.2) is 19.9 Å². The van der Waals surface area contributed by atoms with Crippen molar-refractivity contribution in [2.75, 3.05) is 0 Å². The summed E-state index contributed by atoms with van der Waals surface area (Å²) in [5.74, 6) is 1.50. The monoisotopic (exact) mass is 286 g/mol. The summed E-state index contributed by atoms with van der Waals surface area (Å²) in [7, 11) is 0. The Kier molecular flexibility index (Phi) is 3.34. The minimum absolute atomic E-state index is 0.00177. The van der Waals surface area contributed by atoms with Gasteiger partial charge in [0.2, 0.25) is 0 Å². The number of para-hydroxylation sites is 2. The normalized spacial score (nSPS) is 10.8. The van der Waals surface area contributed by atoms with Gasteiger partial charge in [0, 0.05) is 6.07 Å². The lowest BCUT2D eigenvalue weighted by Crippen LogP contribution is -1.90. The van der Waals surface area contributed by atoms with Gasteiger partial charge in [0.05, 0.1) is 26.7 Å². The smallest absolute Gasteiger partial charge is 0.287 e. The van der Waals surface area contributed by atoms with Crippen LogP contribution in [0.5, 0.6) is 0 Å². The van der Waals surface area contributed by atoms with Crippen LogP contribution in [0.25, 0.3) is 11.0 Å². The second-order valence-electron chi connectivity index (χ2n) is 4.10. The van der Waals surface area contributed by atoms with E-state index < -0.39 is 4.92 Å². The Bertz CT molecular complexity index is 721. The number of nitrogens with one attached hydrogen (secondary N) is 1. The van der Waals surface area contributed by atoms with Gasteiger partial charge >= 0.3 is 0 Å². The van der Waals surface area contributed by atoms with E-state index in [2.05, 4.69) is 15.0 Å². The maximum Gasteiger partial charge on any atom is 0.287 e. The number of H-pyrrole nitrogens is 1. The van der Waals surface area contributed by atoms with E-state index >= 15 is 0 Å². The van der Waals surface area contributed by atoms with Gasteiger partial charge in [-0.25, -0.2) is 9.97 Å². The standard InChI is InChI=1S/C13H10N4O2S/c18-17(19)9-5-6-13(14-7-9)20-8-12-15-10-3-1-2-4-11(10)16-12/h1-7H,8H2,(H,15,16). The summed E-state index contributed by atoms with van der Waals surface area (Å²) in [4.78, 5) is 21.8. The summed E-state index contributed by atoms with van der Waals surface area (Å²) >= 11 is 1.48. The molecule has 20 heavy (non-hydrogen) atoms. The van der Waals surface area contributed by atoms with E-state index in [9.17, 15) is 10.1 Å². The number of nitro groups is 1. The van der Waals surface area contributed by atoms with Gasteiger partial charge in [0.1, 0.15) is 12.0 Å². The lowest BCUT2D eigenvalue weighted by atomic mass is 10.3. The Labute approximate surface area is 118 Å². The first-order chi connectivity index (χ1) is 9.72. The van der Waals surface area contributed by atoms with E-state index in [1.54, 1.807) is 6.07 Å². The van der Waals surface area contributed by atoms with Crippen LogP contribution >= 0.6 is 11.8 Å². The molecule has 3 rings (SSSR count). The third-order valence-corrected chi connectivity index (χ3v) is 3.68. The molecule has 0 radical (unpaired) electrons. The number of rotatable bonds is 4. The largest absolute Gasteiger partial charge is 0.341 e. The molecule has 0 saturated carbocycles. The fourth-order valence-corrected chi connectivity index (χ4v) is 2.49. The van der Waals surface area contributed by atoms with E-state index in [0.717, 1.165) is 21.9 Å². The average molecular weight is 286 g/mol. The first kappa shape index (κ1) is 12.6. The van der Waals surface area contributed by atoms with Gasteiger partial charge in [-0.05, 0) is 18.2 Å². The average Bonchev–Trinajstić information content (AvgIpc) is 2.88. The summed E-state index contributed by atoms with van der Waals surface area (Å²) in [6.45, 7) is 0. The number of nitrogens with zero attached hydrogens (tertiary/aromatic N) is 3. The molecule has 2 aromatic heterocycles. The fraction of sp³-hybridized carbons (Fsp3) is 0.0769. The van der Waals surface area contributed by atoms with Crippen LogP contribution in [0.3, 0.4) is 0 Å². The molecule has 1 N–H and O–H groups in total. The van der Waals surface area contributed by atoms with E-state index in [1.807, 2.05) is 24.3 Å². The van der Waals surface area contributed by atoms with Crippen LogP contribution in [0.15, 0.2) is 47.6 Å². The van der Waals surface area contributed by atoms with Gasteiger partial charge in [-0.15, -0.1) is 0 Å². The van der Waals surface area contributed by atoms with Crippen molar-refractivity contribution in [3.63, 3.8) is 0 Å². The van der Waals surface area contributed by atoms with Crippen molar-refractivity contribution >= 4 is 28.5 Å². The van der Waals surface area contributed by atoms with Crippen molar-refractivity contribution in [3.05, 3.63) is 58.5 Å². The van der Waals surface area contributed by atoms with Gasteiger partial charge in [-0.1, -0.05) is 23.9 Å². The second kappa shape index (κ2) is 5.30. The first-order valence-electron chi connectivity index (χ1n) is 5.89. The first-order valence-corrected chi connectivity index (χ1v) is 6.88. The van der Waals surface area contributed by atoms with Gasteiger partial charge < -0.3 is 4.98 Å². The van der Waals surface area contributed by atoms with Crippen molar-refractivity contribution in [3.8, 4) is 0 Å². The molecule has 0 spiro atoms. The third-order valence-electron chi connectivity index (χ3n) is 2.73. The van der Waals surface area contributed by atoms with Gasteiger partial charge in [-0.3, -0.25) is 10.1 Å². The highest BCUT2D eigenvalue weighted by molar-refractivity contribution is 7.98. The Morgan fingerprint density at radius 1 is 1.25 bits per heavy atom. The SMILES string of the molecule is O=[N+]([O-])c1ccc(SCc2nc3ccccc3[nH]2)nc1. The van der Waals surface area contributed by atoms with Crippen molar-refractivity contribution in [2.24, 2.45) is 0 Å². The molecular weight excluding hydrogens is 276 g/mol. The molecule has 7 heteroatoms. The molecule has 0 aliphatic heterocycles. The van der Waals surface area contributed by atoms with Crippen LogP contribution in [0, 0.1) is 10.1 Å². The van der Waals surface area contributed by atoms with Crippen molar-refractivity contribution < 1.29 is 4.92 Å². The van der Waals surface area contributed by atoms with E-state index in [4.69, 9.17) is 0 Å². The van der Waals surface area contributed by atoms with Crippen LogP contribution in [0.2, 0.25) is 0 Å². The number of aromatic amines is 1. The molecule has 100 valence electrons. The summed E-state index contributed by atoms with van der Waals surface area (Å²) in [6.07, 6.45) is 1.26. The van der Waals surface area contributed by atoms with Gasteiger partial charge in [-0.2, -0.15) is 0 Å². The molecule has 0 aliphatic carbocycles. The zero-order chi connectivity index (χ0) is 13.9. The Morgan fingerprint density at radius 3 is 2.80 bits per heavy atom. The number of fused-ring (bicyclic) bond motifs is 1. The van der Waals surface area contributed by atoms with E-state index in [1.165, 1.54) is 24.0 Å². The Hall–Kier alpha value is -2.41. The van der Waals surface area contributed by atoms with Crippen molar-refractivity contribution in [2.45, 2.75) is 10.8 Å². The van der Waals surface area contributed by atoms with Crippen LogP contribution in [-0.2, 0) is 5.75 Å². The molecule has 0 aliphatic rings. The minimum Gasteiger partial charge on any atom is -0.341 e. The van der Waals surface area contributed by atoms with Crippen LogP contribution in [0.1, 0.15) is 5.82 Å². The number of hydrogen-bond donors (Lipinski definition) is 1. The van der Waals surface area contributed by atoms with Crippen LogP contribution in [0.4, 0.5) is 5.69 Å². The summed E-state index contributed by atoms with van der Waals surface area (Å²) in [6, 6.07) is 10.9. The quantitative estimate of drug-likeness (QED) is 0.452. The lowest BCUT2D eigenvalue weighted by molar-refractivity contribution is -0.385. The summed E-state index contributed by atoms with van der Waals surface area (Å²) in [5.41, 5.74) is 1.93. The molecule has 1 aromatic carbocycles. The molecule has 0 saturated heterocycles. The van der Waals surface area contributed by atoms with E-state index in [-0.39, 0.29) is 5.69 Å². The Balaban J connectivity index is 1.71. The summed E-state index contributed by atoms with van der Waals surface area (Å²) < 4.78 is 0. The van der Waals surface area contributed by atoms with Crippen molar-refractivity contribution in [1.29, 1.82) is 0 Å².